The predicted octanol–water partition coefficient (Wildman–Crippen LogP) is 2.27. The maximum Gasteiger partial charge on any atom is 0.339 e. The van der Waals surface area contributed by atoms with Crippen LogP contribution in [-0.2, 0) is 26.0 Å². The van der Waals surface area contributed by atoms with Gasteiger partial charge in [-0.3, -0.25) is 0 Å². The fourth-order valence-corrected chi connectivity index (χ4v) is 3.00. The molecule has 1 aliphatic rings. The molecule has 112 valence electrons. The second-order valence-corrected chi connectivity index (χ2v) is 5.97. The smallest absolute Gasteiger partial charge is 0.339 e. The summed E-state index contributed by atoms with van der Waals surface area (Å²) in [6, 6.07) is 16.6. The Bertz CT molecular complexity index is 794. The van der Waals surface area contributed by atoms with Gasteiger partial charge in [0.2, 0.25) is 0 Å². The van der Waals surface area contributed by atoms with Gasteiger partial charge >= 0.3 is 5.97 Å². The van der Waals surface area contributed by atoms with Gasteiger partial charge in [0.1, 0.15) is 17.3 Å². The van der Waals surface area contributed by atoms with Crippen LogP contribution in [0.2, 0.25) is 0 Å². The van der Waals surface area contributed by atoms with Gasteiger partial charge in [-0.2, -0.15) is 0 Å². The molecule has 0 unspecified atom stereocenters. The lowest BCUT2D eigenvalue weighted by molar-refractivity contribution is -0.133. The van der Waals surface area contributed by atoms with Crippen LogP contribution in [0, 0.1) is 0 Å². The molecule has 0 aromatic heterocycles. The third kappa shape index (κ3) is 2.94. The van der Waals surface area contributed by atoms with Crippen molar-refractivity contribution in [3.63, 3.8) is 0 Å². The van der Waals surface area contributed by atoms with Gasteiger partial charge in [-0.05, 0) is 16.7 Å². The number of cyclic esters (lactones) is 1. The van der Waals surface area contributed by atoms with Crippen molar-refractivity contribution in [3.8, 4) is 0 Å². The maximum absolute atomic E-state index is 12.0. The number of hydrogen-bond donors (Lipinski definition) is 1. The van der Waals surface area contributed by atoms with E-state index in [4.69, 9.17) is 4.74 Å². The second-order valence-electron chi connectivity index (χ2n) is 4.98. The first-order valence-electron chi connectivity index (χ1n) is 6.82. The fourth-order valence-electron chi connectivity index (χ4n) is 2.49. The summed E-state index contributed by atoms with van der Waals surface area (Å²) in [7, 11) is -2.44. The first-order valence-corrected chi connectivity index (χ1v) is 8.18. The molecular formula is C17H14O4S. The van der Waals surface area contributed by atoms with E-state index in [0.29, 0.717) is 5.57 Å². The minimum Gasteiger partial charge on any atom is -0.457 e. The van der Waals surface area contributed by atoms with Gasteiger partial charge in [0.25, 0.3) is 0 Å². The first kappa shape index (κ1) is 14.5. The highest BCUT2D eigenvalue weighted by Gasteiger charge is 2.26. The summed E-state index contributed by atoms with van der Waals surface area (Å²) >= 11 is 0. The number of carbonyl (C=O) groups excluding carboxylic acids is 1. The lowest BCUT2D eigenvalue weighted by Gasteiger charge is -2.05. The van der Waals surface area contributed by atoms with Crippen LogP contribution in [0.5, 0.6) is 0 Å². The normalized spacial score (nSPS) is 14.5. The molecule has 0 amide bonds. The molecule has 4 nitrogen and oxygen atoms in total. The van der Waals surface area contributed by atoms with Crippen molar-refractivity contribution < 1.29 is 17.9 Å². The Morgan fingerprint density at radius 2 is 1.59 bits per heavy atom. The quantitative estimate of drug-likeness (QED) is 0.695. The van der Waals surface area contributed by atoms with Crippen molar-refractivity contribution in [3.05, 3.63) is 71.3 Å². The summed E-state index contributed by atoms with van der Waals surface area (Å²) in [4.78, 5) is 12.0. The Labute approximate surface area is 130 Å². The molecule has 2 aromatic carbocycles. The molecule has 3 rings (SSSR count). The van der Waals surface area contributed by atoms with E-state index >= 15 is 0 Å². The van der Waals surface area contributed by atoms with Crippen molar-refractivity contribution in [2.75, 3.05) is 6.61 Å². The lowest BCUT2D eigenvalue weighted by atomic mass is 9.96. The Balaban J connectivity index is 2.01. The van der Waals surface area contributed by atoms with E-state index in [2.05, 4.69) is 0 Å². The molecule has 2 aromatic rings. The van der Waals surface area contributed by atoms with Crippen LogP contribution in [0.15, 0.2) is 54.6 Å². The van der Waals surface area contributed by atoms with Gasteiger partial charge < -0.3 is 4.74 Å². The largest absolute Gasteiger partial charge is 0.457 e. The monoisotopic (exact) mass is 314 g/mol. The topological polar surface area (TPSA) is 60.4 Å². The highest BCUT2D eigenvalue weighted by molar-refractivity contribution is 7.71. The van der Waals surface area contributed by atoms with Crippen molar-refractivity contribution in [2.45, 2.75) is 5.75 Å². The zero-order chi connectivity index (χ0) is 15.5. The Morgan fingerprint density at radius 3 is 2.23 bits per heavy atom. The molecule has 1 heterocycles. The fraction of sp³-hybridized carbons (Fsp3) is 0.118. The predicted molar refractivity (Wildman–Crippen MR) is 84.7 cm³/mol. The van der Waals surface area contributed by atoms with E-state index < -0.39 is 10.7 Å². The summed E-state index contributed by atoms with van der Waals surface area (Å²) < 4.78 is 26.7. The van der Waals surface area contributed by atoms with Gasteiger partial charge in [-0.1, -0.05) is 54.6 Å². The van der Waals surface area contributed by atoms with Gasteiger partial charge in [-0.15, -0.1) is 0 Å². The molecule has 0 N–H and O–H groups in total. The number of thiol groups is 1. The Kier molecular flexibility index (Phi) is 4.06. The molecule has 0 atom stereocenters. The highest BCUT2D eigenvalue weighted by Crippen LogP contribution is 2.32. The van der Waals surface area contributed by atoms with E-state index in [1.54, 1.807) is 12.1 Å². The molecule has 0 saturated carbocycles. The van der Waals surface area contributed by atoms with Crippen LogP contribution < -0.4 is 0 Å². The maximum atomic E-state index is 12.0. The summed E-state index contributed by atoms with van der Waals surface area (Å²) in [5.74, 6) is -0.303. The van der Waals surface area contributed by atoms with Gasteiger partial charge in [-0.25, -0.2) is 13.2 Å². The van der Waals surface area contributed by atoms with Crippen molar-refractivity contribution in [2.24, 2.45) is 0 Å². The van der Waals surface area contributed by atoms with E-state index in [1.165, 1.54) is 0 Å². The third-order valence-electron chi connectivity index (χ3n) is 3.53. The van der Waals surface area contributed by atoms with Crippen molar-refractivity contribution in [1.82, 2.24) is 0 Å². The Hall–Kier alpha value is -2.40. The number of ether oxygens (including phenoxy) is 1. The Morgan fingerprint density at radius 1 is 0.909 bits per heavy atom. The molecule has 22 heavy (non-hydrogen) atoms. The molecule has 0 fully saturated rings. The summed E-state index contributed by atoms with van der Waals surface area (Å²) in [6.45, 7) is 0.234. The molecule has 0 bridgehead atoms. The molecule has 0 saturated heterocycles. The van der Waals surface area contributed by atoms with E-state index in [0.717, 1.165) is 22.3 Å². The number of esters is 1. The van der Waals surface area contributed by atoms with Gasteiger partial charge in [0.05, 0.1) is 11.3 Å². The average Bonchev–Trinajstić information content (AvgIpc) is 2.90. The van der Waals surface area contributed by atoms with Gasteiger partial charge in [0.15, 0.2) is 0 Å². The van der Waals surface area contributed by atoms with Crippen LogP contribution in [0.1, 0.15) is 16.7 Å². The van der Waals surface area contributed by atoms with Crippen LogP contribution in [0.25, 0.3) is 11.1 Å². The molecule has 1 aliphatic heterocycles. The lowest BCUT2D eigenvalue weighted by Crippen LogP contribution is -1.98. The van der Waals surface area contributed by atoms with Crippen molar-refractivity contribution in [1.29, 1.82) is 0 Å². The molecule has 0 aliphatic carbocycles. The van der Waals surface area contributed by atoms with Crippen molar-refractivity contribution >= 4 is 27.8 Å². The summed E-state index contributed by atoms with van der Waals surface area (Å²) in [5.41, 5.74) is 3.82. The molecule has 5 heteroatoms. The zero-order valence-electron chi connectivity index (χ0n) is 11.7. The third-order valence-corrected chi connectivity index (χ3v) is 4.15. The number of hydrogen-bond acceptors (Lipinski definition) is 4. The van der Waals surface area contributed by atoms with Crippen LogP contribution in [-0.4, -0.2) is 21.0 Å². The van der Waals surface area contributed by atoms with Crippen LogP contribution >= 0.6 is 0 Å². The van der Waals surface area contributed by atoms with Gasteiger partial charge in [0, 0.05) is 5.57 Å². The molecule has 0 spiro atoms. The number of carbonyl (C=O) groups is 1. The number of rotatable bonds is 4. The highest BCUT2D eigenvalue weighted by atomic mass is 32.2. The average molecular weight is 314 g/mol. The number of benzene rings is 2. The van der Waals surface area contributed by atoms with E-state index in [9.17, 15) is 13.2 Å². The SMILES string of the molecule is O=C1OCC(c2ccc(C[SH](=O)=O)cc2)=C1c1ccccc1. The molecular weight excluding hydrogens is 300 g/mol. The van der Waals surface area contributed by atoms with E-state index in [-0.39, 0.29) is 18.3 Å². The summed E-state index contributed by atoms with van der Waals surface area (Å²) in [5, 5.41) is 0. The van der Waals surface area contributed by atoms with E-state index in [1.807, 2.05) is 42.5 Å². The standard InChI is InChI=1S/C17H14O4S/c18-17-16(14-4-2-1-3-5-14)15(10-21-17)13-8-6-12(7-9-13)11-22(19)20/h1-9,22H,10-11H2. The minimum atomic E-state index is -2.44. The molecule has 0 radical (unpaired) electrons. The summed E-state index contributed by atoms with van der Waals surface area (Å²) in [6.07, 6.45) is 0. The van der Waals surface area contributed by atoms with Crippen LogP contribution in [0.3, 0.4) is 0 Å². The zero-order valence-corrected chi connectivity index (χ0v) is 12.6. The second kappa shape index (κ2) is 6.15. The first-order chi connectivity index (χ1) is 10.6. The minimum absolute atomic E-state index is 0.0234. The van der Waals surface area contributed by atoms with Crippen LogP contribution in [0.4, 0.5) is 0 Å².